The van der Waals surface area contributed by atoms with Gasteiger partial charge in [-0.05, 0) is 54.4 Å². The van der Waals surface area contributed by atoms with Crippen molar-refractivity contribution >= 4 is 11.6 Å². The maximum absolute atomic E-state index is 11.2. The molecule has 8 heteroatoms. The maximum Gasteiger partial charge on any atom is 0.134 e. The van der Waals surface area contributed by atoms with Crippen LogP contribution in [0.5, 0.6) is 11.5 Å². The third kappa shape index (κ3) is 7.46. The molecule has 0 saturated carbocycles. The highest BCUT2D eigenvalue weighted by Crippen LogP contribution is 2.21. The van der Waals surface area contributed by atoms with Gasteiger partial charge in [-0.15, -0.1) is 0 Å². The minimum atomic E-state index is -1.10. The second-order valence-electron chi connectivity index (χ2n) is 8.86. The largest absolute Gasteiger partial charge is 0.494 e. The molecule has 0 radical (unpaired) electrons. The molecule has 1 aliphatic heterocycles. The summed E-state index contributed by atoms with van der Waals surface area (Å²) in [6.45, 7) is 6.31. The number of halogens is 1. The smallest absolute Gasteiger partial charge is 0.134 e. The molecule has 1 fully saturated rings. The molecule has 0 aliphatic carbocycles. The Balaban J connectivity index is 1.28. The minimum Gasteiger partial charge on any atom is -0.494 e. The van der Waals surface area contributed by atoms with Crippen LogP contribution >= 0.6 is 11.6 Å². The lowest BCUT2D eigenvalue weighted by Crippen LogP contribution is -2.48. The maximum atomic E-state index is 11.2. The van der Waals surface area contributed by atoms with E-state index in [4.69, 9.17) is 25.8 Å². The molecule has 1 aromatic heterocycles. The highest BCUT2D eigenvalue weighted by Gasteiger charge is 2.33. The van der Waals surface area contributed by atoms with Gasteiger partial charge in [0.15, 0.2) is 0 Å². The summed E-state index contributed by atoms with van der Waals surface area (Å²) >= 11 is 5.93. The quantitative estimate of drug-likeness (QED) is 0.438. The SMILES string of the molecule is Cc1cnn(CCCOc2cccc(CN3CCOCC(O)(COc4ccc(Cl)cc4)C3)c2)c1. The molecule has 1 atom stereocenters. The van der Waals surface area contributed by atoms with Crippen LogP contribution in [-0.4, -0.2) is 64.9 Å². The van der Waals surface area contributed by atoms with Gasteiger partial charge in [-0.3, -0.25) is 9.58 Å². The predicted octanol–water partition coefficient (Wildman–Crippen LogP) is 3.96. The van der Waals surface area contributed by atoms with Gasteiger partial charge in [0, 0.05) is 43.8 Å². The van der Waals surface area contributed by atoms with Crippen LogP contribution in [0.2, 0.25) is 5.02 Å². The molecule has 2 heterocycles. The zero-order valence-electron chi connectivity index (χ0n) is 19.5. The summed E-state index contributed by atoms with van der Waals surface area (Å²) in [6.07, 6.45) is 4.78. The molecule has 0 spiro atoms. The topological polar surface area (TPSA) is 69.0 Å². The standard InChI is InChI=1S/C26H32ClN3O4/c1-21-15-28-30(16-21)10-3-12-33-25-5-2-4-22(14-25)17-29-11-13-32-19-26(31,18-29)20-34-24-8-6-23(27)7-9-24/h2,4-9,14-16,31H,3,10-13,17-20H2,1H3. The highest BCUT2D eigenvalue weighted by atomic mass is 35.5. The fourth-order valence-electron chi connectivity index (χ4n) is 3.97. The molecule has 0 amide bonds. The van der Waals surface area contributed by atoms with Gasteiger partial charge < -0.3 is 19.3 Å². The van der Waals surface area contributed by atoms with Crippen molar-refractivity contribution in [2.75, 3.05) is 39.5 Å². The number of ether oxygens (including phenoxy) is 3. The summed E-state index contributed by atoms with van der Waals surface area (Å²) in [5.74, 6) is 1.52. The van der Waals surface area contributed by atoms with Crippen molar-refractivity contribution in [1.29, 1.82) is 0 Å². The molecule has 0 bridgehead atoms. The number of aromatic nitrogens is 2. The first-order valence-electron chi connectivity index (χ1n) is 11.6. The Labute approximate surface area is 205 Å². The minimum absolute atomic E-state index is 0.143. The number of aryl methyl sites for hydroxylation is 2. The van der Waals surface area contributed by atoms with Gasteiger partial charge in [-0.25, -0.2) is 0 Å². The van der Waals surface area contributed by atoms with Gasteiger partial charge in [-0.2, -0.15) is 5.10 Å². The molecule has 1 N–H and O–H groups in total. The molecular weight excluding hydrogens is 454 g/mol. The number of β-amino-alcohol motifs (C(OH)–C–C–N with tert-alkyl or cyclic N) is 1. The van der Waals surface area contributed by atoms with E-state index in [0.717, 1.165) is 36.4 Å². The summed E-state index contributed by atoms with van der Waals surface area (Å²) in [5.41, 5.74) is 1.19. The van der Waals surface area contributed by atoms with Crippen LogP contribution in [0.1, 0.15) is 17.5 Å². The van der Waals surface area contributed by atoms with E-state index in [1.165, 1.54) is 0 Å². The fourth-order valence-corrected chi connectivity index (χ4v) is 4.09. The fraction of sp³-hybridized carbons (Fsp3) is 0.423. The van der Waals surface area contributed by atoms with Crippen molar-refractivity contribution in [2.24, 2.45) is 0 Å². The molecule has 1 unspecified atom stereocenters. The second-order valence-corrected chi connectivity index (χ2v) is 9.30. The van der Waals surface area contributed by atoms with Gasteiger partial charge in [0.05, 0.1) is 26.0 Å². The lowest BCUT2D eigenvalue weighted by Gasteiger charge is -2.30. The molecule has 1 saturated heterocycles. The molecule has 34 heavy (non-hydrogen) atoms. The zero-order chi connectivity index (χ0) is 23.8. The van der Waals surface area contributed by atoms with Crippen molar-refractivity contribution in [3.8, 4) is 11.5 Å². The lowest BCUT2D eigenvalue weighted by molar-refractivity contribution is -0.0646. The Morgan fingerprint density at radius 1 is 1.15 bits per heavy atom. The average Bonchev–Trinajstić information content (AvgIpc) is 3.15. The van der Waals surface area contributed by atoms with Gasteiger partial charge in [-0.1, -0.05) is 23.7 Å². The van der Waals surface area contributed by atoms with E-state index in [2.05, 4.69) is 22.1 Å². The van der Waals surface area contributed by atoms with E-state index in [1.807, 2.05) is 36.1 Å². The first-order chi connectivity index (χ1) is 16.5. The number of aliphatic hydroxyl groups is 1. The first kappa shape index (κ1) is 24.5. The number of hydrogen-bond donors (Lipinski definition) is 1. The van der Waals surface area contributed by atoms with Gasteiger partial charge in [0.25, 0.3) is 0 Å². The molecule has 7 nitrogen and oxygen atoms in total. The Kier molecular flexibility index (Phi) is 8.45. The third-order valence-corrected chi connectivity index (χ3v) is 5.88. The van der Waals surface area contributed by atoms with Gasteiger partial charge in [0.1, 0.15) is 23.7 Å². The summed E-state index contributed by atoms with van der Waals surface area (Å²) < 4.78 is 19.4. The number of hydrogen-bond acceptors (Lipinski definition) is 6. The van der Waals surface area contributed by atoms with Gasteiger partial charge in [0.2, 0.25) is 0 Å². The number of rotatable bonds is 10. The van der Waals surface area contributed by atoms with Gasteiger partial charge >= 0.3 is 0 Å². The van der Waals surface area contributed by atoms with Crippen LogP contribution in [-0.2, 0) is 17.8 Å². The average molecular weight is 486 g/mol. The number of nitrogens with zero attached hydrogens (tertiary/aromatic N) is 3. The molecular formula is C26H32ClN3O4. The number of benzene rings is 2. The van der Waals surface area contributed by atoms with E-state index < -0.39 is 5.60 Å². The van der Waals surface area contributed by atoms with Crippen LogP contribution in [0.4, 0.5) is 0 Å². The predicted molar refractivity (Wildman–Crippen MR) is 132 cm³/mol. The summed E-state index contributed by atoms with van der Waals surface area (Å²) in [5, 5.41) is 16.1. The molecule has 182 valence electrons. The Morgan fingerprint density at radius 2 is 2.00 bits per heavy atom. The van der Waals surface area contributed by atoms with Crippen LogP contribution < -0.4 is 9.47 Å². The van der Waals surface area contributed by atoms with E-state index >= 15 is 0 Å². The Morgan fingerprint density at radius 3 is 2.79 bits per heavy atom. The zero-order valence-corrected chi connectivity index (χ0v) is 20.3. The molecule has 3 aromatic rings. The first-order valence-corrected chi connectivity index (χ1v) is 12.0. The Bertz CT molecular complexity index is 1040. The van der Waals surface area contributed by atoms with Crippen molar-refractivity contribution in [2.45, 2.75) is 32.0 Å². The van der Waals surface area contributed by atoms with Crippen LogP contribution in [0.15, 0.2) is 60.9 Å². The molecule has 1 aliphatic rings. The summed E-state index contributed by atoms with van der Waals surface area (Å²) in [4.78, 5) is 2.19. The summed E-state index contributed by atoms with van der Waals surface area (Å²) in [6, 6.07) is 15.2. The normalized spacial score (nSPS) is 19.0. The highest BCUT2D eigenvalue weighted by molar-refractivity contribution is 6.30. The van der Waals surface area contributed by atoms with Crippen molar-refractivity contribution in [1.82, 2.24) is 14.7 Å². The van der Waals surface area contributed by atoms with E-state index in [1.54, 1.807) is 24.3 Å². The van der Waals surface area contributed by atoms with E-state index in [0.29, 0.717) is 37.1 Å². The molecule has 4 rings (SSSR count). The molecule has 2 aromatic carbocycles. The van der Waals surface area contributed by atoms with E-state index in [9.17, 15) is 5.11 Å². The van der Waals surface area contributed by atoms with E-state index in [-0.39, 0.29) is 13.2 Å². The summed E-state index contributed by atoms with van der Waals surface area (Å²) in [7, 11) is 0. The second kappa shape index (κ2) is 11.7. The van der Waals surface area contributed by atoms with Crippen LogP contribution in [0, 0.1) is 6.92 Å². The van der Waals surface area contributed by atoms with Crippen molar-refractivity contribution in [3.05, 3.63) is 77.1 Å². The van der Waals surface area contributed by atoms with Crippen molar-refractivity contribution in [3.63, 3.8) is 0 Å². The third-order valence-electron chi connectivity index (χ3n) is 5.63. The monoisotopic (exact) mass is 485 g/mol. The lowest BCUT2D eigenvalue weighted by atomic mass is 10.1. The van der Waals surface area contributed by atoms with Crippen LogP contribution in [0.25, 0.3) is 0 Å². The Hall–Kier alpha value is -2.58. The van der Waals surface area contributed by atoms with Crippen LogP contribution in [0.3, 0.4) is 0 Å². The van der Waals surface area contributed by atoms with Crippen molar-refractivity contribution < 1.29 is 19.3 Å².